The van der Waals surface area contributed by atoms with E-state index in [1.54, 1.807) is 11.9 Å². The Morgan fingerprint density at radius 2 is 1.65 bits per heavy atom. The smallest absolute Gasteiger partial charge is 0.308 e. The molecule has 0 saturated carbocycles. The Bertz CT molecular complexity index is 1070. The Morgan fingerprint density at radius 3 is 2.22 bits per heavy atom. The van der Waals surface area contributed by atoms with E-state index in [1.165, 1.54) is 0 Å². The molecule has 4 rings (SSSR count). The highest BCUT2D eigenvalue weighted by atomic mass is 16.2. The summed E-state index contributed by atoms with van der Waals surface area (Å²) >= 11 is 0. The molecule has 2 bridgehead atoms. The van der Waals surface area contributed by atoms with Gasteiger partial charge in [0.2, 0.25) is 0 Å². The summed E-state index contributed by atoms with van der Waals surface area (Å²) in [6.07, 6.45) is 3.15. The summed E-state index contributed by atoms with van der Waals surface area (Å²) in [5.74, 6) is 0.967. The van der Waals surface area contributed by atoms with E-state index < -0.39 is 0 Å². The minimum Gasteiger partial charge on any atom is -0.308 e. The number of aryl methyl sites for hydroxylation is 1. The van der Waals surface area contributed by atoms with Crippen molar-refractivity contribution in [3.05, 3.63) is 60.2 Å². The van der Waals surface area contributed by atoms with Crippen molar-refractivity contribution in [1.29, 1.82) is 10.8 Å². The van der Waals surface area contributed by atoms with E-state index in [4.69, 9.17) is 10.8 Å². The summed E-state index contributed by atoms with van der Waals surface area (Å²) in [4.78, 5) is 17.7. The van der Waals surface area contributed by atoms with Crippen LogP contribution in [0.5, 0.6) is 0 Å². The van der Waals surface area contributed by atoms with Crippen molar-refractivity contribution in [2.24, 2.45) is 5.92 Å². The largest absolute Gasteiger partial charge is 0.326 e. The fourth-order valence-corrected chi connectivity index (χ4v) is 5.48. The number of piperazine rings is 1. The van der Waals surface area contributed by atoms with E-state index in [-0.39, 0.29) is 11.9 Å². The number of hydrazine groups is 1. The molecule has 0 aliphatic carbocycles. The summed E-state index contributed by atoms with van der Waals surface area (Å²) < 4.78 is 0. The van der Waals surface area contributed by atoms with E-state index in [1.807, 2.05) is 80.3 Å². The van der Waals surface area contributed by atoms with Crippen molar-refractivity contribution in [3.8, 4) is 0 Å². The second-order valence-electron chi connectivity index (χ2n) is 10.6. The highest BCUT2D eigenvalue weighted by molar-refractivity contribution is 6.01. The molecule has 2 aromatic rings. The van der Waals surface area contributed by atoms with E-state index >= 15 is 0 Å². The zero-order valence-electron chi connectivity index (χ0n) is 22.6. The molecule has 2 atom stereocenters. The van der Waals surface area contributed by atoms with Gasteiger partial charge in [0, 0.05) is 55.6 Å². The molecule has 8 nitrogen and oxygen atoms in total. The number of nitrogens with one attached hydrogen (secondary N) is 3. The summed E-state index contributed by atoms with van der Waals surface area (Å²) in [6.45, 7) is 11.0. The fourth-order valence-electron chi connectivity index (χ4n) is 5.48. The number of amides is 2. The standard InChI is InChI=1S/C29H41N7O/c1-21(2)28(31)36(23(4)30)33-19-26-15-16-27(20-33)34(26)17-8-18-35(25-9-6-5-7-10-25)29(37)32-24-13-11-22(3)12-14-24/h5-7,9-14,21,26-27,30-31H,8,15-20H2,1-4H3,(H,32,37)/t26-,27+. The van der Waals surface area contributed by atoms with Crippen molar-refractivity contribution in [3.63, 3.8) is 0 Å². The first kappa shape index (κ1) is 26.8. The lowest BCUT2D eigenvalue weighted by atomic mass is 10.1. The van der Waals surface area contributed by atoms with E-state index in [2.05, 4.69) is 15.2 Å². The van der Waals surface area contributed by atoms with Crippen molar-refractivity contribution < 1.29 is 4.79 Å². The van der Waals surface area contributed by atoms with Crippen LogP contribution in [0.1, 0.15) is 45.6 Å². The molecule has 2 amide bonds. The lowest BCUT2D eigenvalue weighted by Crippen LogP contribution is -2.61. The third-order valence-corrected chi connectivity index (χ3v) is 7.40. The van der Waals surface area contributed by atoms with Crippen LogP contribution in [-0.2, 0) is 0 Å². The predicted octanol–water partition coefficient (Wildman–Crippen LogP) is 5.42. The summed E-state index contributed by atoms with van der Waals surface area (Å²) in [5, 5.41) is 23.9. The minimum absolute atomic E-state index is 0.0750. The van der Waals surface area contributed by atoms with Crippen LogP contribution in [0.15, 0.2) is 54.6 Å². The molecule has 2 heterocycles. The predicted molar refractivity (Wildman–Crippen MR) is 151 cm³/mol. The number of carbonyl (C=O) groups excluding carboxylic acids is 1. The van der Waals surface area contributed by atoms with Crippen LogP contribution in [0.3, 0.4) is 0 Å². The number of para-hydroxylation sites is 1. The topological polar surface area (TPSA) is 89.8 Å². The molecule has 0 radical (unpaired) electrons. The number of anilines is 2. The number of hydrogen-bond acceptors (Lipinski definition) is 5. The normalized spacial score (nSPS) is 19.6. The first-order chi connectivity index (χ1) is 17.7. The number of amidine groups is 2. The molecule has 8 heteroatoms. The van der Waals surface area contributed by atoms with Crippen molar-refractivity contribution in [1.82, 2.24) is 14.9 Å². The first-order valence-corrected chi connectivity index (χ1v) is 13.4. The van der Waals surface area contributed by atoms with Gasteiger partial charge in [-0.15, -0.1) is 0 Å². The van der Waals surface area contributed by atoms with Crippen LogP contribution >= 0.6 is 0 Å². The molecule has 2 saturated heterocycles. The fraction of sp³-hybridized carbons (Fsp3) is 0.483. The monoisotopic (exact) mass is 503 g/mol. The Labute approximate surface area is 221 Å². The molecular weight excluding hydrogens is 462 g/mol. The van der Waals surface area contributed by atoms with E-state index in [9.17, 15) is 4.79 Å². The molecule has 198 valence electrons. The van der Waals surface area contributed by atoms with Gasteiger partial charge in [0.05, 0.1) is 0 Å². The maximum atomic E-state index is 13.3. The Balaban J connectivity index is 1.38. The van der Waals surface area contributed by atoms with Gasteiger partial charge in [0.1, 0.15) is 11.7 Å². The van der Waals surface area contributed by atoms with E-state index in [0.717, 1.165) is 55.8 Å². The van der Waals surface area contributed by atoms with Gasteiger partial charge in [-0.25, -0.2) is 14.8 Å². The average Bonchev–Trinajstić information content (AvgIpc) is 3.10. The minimum atomic E-state index is -0.118. The molecule has 0 aromatic heterocycles. The molecule has 2 aliphatic heterocycles. The molecule has 2 fully saturated rings. The van der Waals surface area contributed by atoms with Crippen LogP contribution in [-0.4, -0.2) is 70.9 Å². The molecular formula is C29H41N7O. The number of nitrogens with zero attached hydrogens (tertiary/aromatic N) is 4. The van der Waals surface area contributed by atoms with Gasteiger partial charge >= 0.3 is 6.03 Å². The van der Waals surface area contributed by atoms with Gasteiger partial charge in [0.15, 0.2) is 0 Å². The van der Waals surface area contributed by atoms with Gasteiger partial charge in [0.25, 0.3) is 0 Å². The van der Waals surface area contributed by atoms with Crippen molar-refractivity contribution in [2.75, 3.05) is 36.4 Å². The second kappa shape index (κ2) is 11.9. The third-order valence-electron chi connectivity index (χ3n) is 7.40. The molecule has 0 unspecified atom stereocenters. The third kappa shape index (κ3) is 6.37. The molecule has 37 heavy (non-hydrogen) atoms. The summed E-state index contributed by atoms with van der Waals surface area (Å²) in [6, 6.07) is 18.4. The maximum Gasteiger partial charge on any atom is 0.326 e. The van der Waals surface area contributed by atoms with Crippen molar-refractivity contribution >= 4 is 29.1 Å². The van der Waals surface area contributed by atoms with Gasteiger partial charge in [-0.2, -0.15) is 0 Å². The van der Waals surface area contributed by atoms with Crippen LogP contribution < -0.4 is 10.2 Å². The zero-order valence-corrected chi connectivity index (χ0v) is 22.6. The first-order valence-electron chi connectivity index (χ1n) is 13.4. The van der Waals surface area contributed by atoms with Crippen molar-refractivity contribution in [2.45, 2.75) is 59.0 Å². The maximum absolute atomic E-state index is 13.3. The average molecular weight is 504 g/mol. The molecule has 2 aromatic carbocycles. The van der Waals surface area contributed by atoms with Crippen LogP contribution in [0.25, 0.3) is 0 Å². The van der Waals surface area contributed by atoms with Gasteiger partial charge < -0.3 is 5.32 Å². The lowest BCUT2D eigenvalue weighted by molar-refractivity contribution is -0.00550. The highest BCUT2D eigenvalue weighted by Gasteiger charge is 2.42. The summed E-state index contributed by atoms with van der Waals surface area (Å²) in [5.41, 5.74) is 2.85. The second-order valence-corrected chi connectivity index (χ2v) is 10.6. The van der Waals surface area contributed by atoms with Gasteiger partial charge in [-0.05, 0) is 57.4 Å². The number of rotatable bonds is 8. The van der Waals surface area contributed by atoms with Crippen LogP contribution in [0, 0.1) is 23.7 Å². The molecule has 3 N–H and O–H groups in total. The summed E-state index contributed by atoms with van der Waals surface area (Å²) in [7, 11) is 0. The van der Waals surface area contributed by atoms with Crippen LogP contribution in [0.2, 0.25) is 0 Å². The lowest BCUT2D eigenvalue weighted by Gasteiger charge is -2.46. The Kier molecular flexibility index (Phi) is 8.61. The number of urea groups is 1. The van der Waals surface area contributed by atoms with Gasteiger partial charge in [-0.1, -0.05) is 49.7 Å². The Hall–Kier alpha value is -3.23. The zero-order chi connectivity index (χ0) is 26.5. The Morgan fingerprint density at radius 1 is 1.03 bits per heavy atom. The highest BCUT2D eigenvalue weighted by Crippen LogP contribution is 2.31. The molecule has 2 aliphatic rings. The number of fused-ring (bicyclic) bond motifs is 2. The SMILES string of the molecule is CC(=N)N(C(=N)C(C)C)N1C[C@H]2CC[C@@H](C1)N2CCCN(C(=O)Nc1ccc(C)cc1)c1ccccc1. The van der Waals surface area contributed by atoms with E-state index in [0.29, 0.717) is 30.3 Å². The van der Waals surface area contributed by atoms with Gasteiger partial charge in [-0.3, -0.25) is 20.6 Å². The number of carbonyl (C=O) groups is 1. The quantitative estimate of drug-likeness (QED) is 0.331. The molecule has 0 spiro atoms. The van der Waals surface area contributed by atoms with Crippen LogP contribution in [0.4, 0.5) is 16.2 Å². The number of hydrogen-bond donors (Lipinski definition) is 3. The number of benzene rings is 2.